The van der Waals surface area contributed by atoms with Crippen LogP contribution in [0.1, 0.15) is 50.2 Å². The van der Waals surface area contributed by atoms with E-state index in [9.17, 15) is 4.39 Å². The van der Waals surface area contributed by atoms with Crippen molar-refractivity contribution in [3.63, 3.8) is 0 Å². The summed E-state index contributed by atoms with van der Waals surface area (Å²) in [6.45, 7) is 2.52. The molecule has 0 bridgehead atoms. The summed E-state index contributed by atoms with van der Waals surface area (Å²) in [5.41, 5.74) is 4.21. The molecule has 7 heteroatoms. The van der Waals surface area contributed by atoms with Crippen molar-refractivity contribution < 1.29 is 13.9 Å². The molecule has 2 aromatic rings. The maximum atomic E-state index is 13.8. The summed E-state index contributed by atoms with van der Waals surface area (Å²) in [5.74, 6) is 0.850. The minimum atomic E-state index is -0.289. The molecule has 1 aliphatic carbocycles. The molecule has 5 nitrogen and oxygen atoms in total. The standard InChI is InChI=1S/C23H28FN3O2S/c1-2-28-22-14-17(15-25-27-23(30)26-19-9-4-3-5-10-19)12-13-21(22)29-16-18-8-6-7-11-20(18)24/h6-8,11-15,19H,2-5,9-10,16H2,1H3,(H2,26,27,30)/b25-15+. The van der Waals surface area contributed by atoms with Crippen molar-refractivity contribution >= 4 is 23.5 Å². The lowest BCUT2D eigenvalue weighted by Crippen LogP contribution is -2.40. The zero-order valence-corrected chi connectivity index (χ0v) is 18.0. The number of thiocarbonyl (C=S) groups is 1. The first-order valence-electron chi connectivity index (χ1n) is 10.4. The van der Waals surface area contributed by atoms with Crippen LogP contribution in [0.5, 0.6) is 11.5 Å². The Morgan fingerprint density at radius 3 is 2.70 bits per heavy atom. The highest BCUT2D eigenvalue weighted by Crippen LogP contribution is 2.29. The van der Waals surface area contributed by atoms with Gasteiger partial charge in [0.05, 0.1) is 12.8 Å². The van der Waals surface area contributed by atoms with Gasteiger partial charge in [-0.25, -0.2) is 4.39 Å². The topological polar surface area (TPSA) is 54.9 Å². The average Bonchev–Trinajstić information content (AvgIpc) is 2.75. The number of nitrogens with zero attached hydrogens (tertiary/aromatic N) is 1. The first kappa shape index (κ1) is 22.0. The number of hydrogen-bond acceptors (Lipinski definition) is 4. The van der Waals surface area contributed by atoms with E-state index >= 15 is 0 Å². The summed E-state index contributed by atoms with van der Waals surface area (Å²) in [5, 5.41) is 8.07. The molecular weight excluding hydrogens is 401 g/mol. The van der Waals surface area contributed by atoms with Crippen molar-refractivity contribution in [2.24, 2.45) is 5.10 Å². The summed E-state index contributed by atoms with van der Waals surface area (Å²) in [7, 11) is 0. The van der Waals surface area contributed by atoms with Crippen molar-refractivity contribution in [1.29, 1.82) is 0 Å². The minimum Gasteiger partial charge on any atom is -0.490 e. The lowest BCUT2D eigenvalue weighted by atomic mass is 9.96. The smallest absolute Gasteiger partial charge is 0.187 e. The Balaban J connectivity index is 1.57. The number of halogens is 1. The summed E-state index contributed by atoms with van der Waals surface area (Å²) in [6, 6.07) is 12.5. The van der Waals surface area contributed by atoms with E-state index < -0.39 is 0 Å². The quantitative estimate of drug-likeness (QED) is 0.354. The number of nitrogens with one attached hydrogen (secondary N) is 2. The normalized spacial score (nSPS) is 14.5. The van der Waals surface area contributed by atoms with Crippen LogP contribution < -0.4 is 20.2 Å². The van der Waals surface area contributed by atoms with Crippen LogP contribution in [0.25, 0.3) is 0 Å². The molecule has 0 heterocycles. The van der Waals surface area contributed by atoms with Crippen molar-refractivity contribution in [2.45, 2.75) is 51.7 Å². The first-order valence-corrected chi connectivity index (χ1v) is 10.8. The van der Waals surface area contributed by atoms with Crippen molar-refractivity contribution in [3.8, 4) is 11.5 Å². The van der Waals surface area contributed by atoms with E-state index in [1.807, 2.05) is 19.1 Å². The highest BCUT2D eigenvalue weighted by atomic mass is 32.1. The van der Waals surface area contributed by atoms with Gasteiger partial charge >= 0.3 is 0 Å². The van der Waals surface area contributed by atoms with Gasteiger partial charge in [-0.2, -0.15) is 5.10 Å². The fraction of sp³-hybridized carbons (Fsp3) is 0.391. The van der Waals surface area contributed by atoms with E-state index in [0.29, 0.717) is 34.8 Å². The largest absolute Gasteiger partial charge is 0.490 e. The van der Waals surface area contributed by atoms with Gasteiger partial charge in [-0.15, -0.1) is 0 Å². The Hall–Kier alpha value is -2.67. The van der Waals surface area contributed by atoms with E-state index in [2.05, 4.69) is 15.8 Å². The minimum absolute atomic E-state index is 0.128. The van der Waals surface area contributed by atoms with Gasteiger partial charge in [0.1, 0.15) is 12.4 Å². The molecule has 0 radical (unpaired) electrons. The van der Waals surface area contributed by atoms with Gasteiger partial charge in [-0.3, -0.25) is 5.43 Å². The molecular formula is C23H28FN3O2S. The molecule has 1 fully saturated rings. The third-order valence-corrected chi connectivity index (χ3v) is 5.14. The molecule has 0 spiro atoms. The molecule has 2 aromatic carbocycles. The van der Waals surface area contributed by atoms with Crippen LogP contribution in [-0.2, 0) is 6.61 Å². The fourth-order valence-corrected chi connectivity index (χ4v) is 3.61. The van der Waals surface area contributed by atoms with Gasteiger partial charge in [-0.05, 0) is 61.8 Å². The molecule has 30 heavy (non-hydrogen) atoms. The molecule has 0 saturated heterocycles. The maximum Gasteiger partial charge on any atom is 0.187 e. The molecule has 2 N–H and O–H groups in total. The van der Waals surface area contributed by atoms with Gasteiger partial charge in [0.15, 0.2) is 16.6 Å². The summed E-state index contributed by atoms with van der Waals surface area (Å²) >= 11 is 5.32. The van der Waals surface area contributed by atoms with E-state index in [1.54, 1.807) is 30.5 Å². The van der Waals surface area contributed by atoms with Crippen LogP contribution in [0.2, 0.25) is 0 Å². The van der Waals surface area contributed by atoms with E-state index in [1.165, 1.54) is 25.3 Å². The van der Waals surface area contributed by atoms with Gasteiger partial charge in [0.25, 0.3) is 0 Å². The third-order valence-electron chi connectivity index (χ3n) is 4.93. The van der Waals surface area contributed by atoms with Crippen molar-refractivity contribution in [3.05, 3.63) is 59.4 Å². The second kappa shape index (κ2) is 11.5. The lowest BCUT2D eigenvalue weighted by Gasteiger charge is -2.23. The Morgan fingerprint density at radius 2 is 1.93 bits per heavy atom. The first-order chi connectivity index (χ1) is 14.7. The molecule has 1 saturated carbocycles. The van der Waals surface area contributed by atoms with Crippen LogP contribution in [0.4, 0.5) is 4.39 Å². The number of rotatable bonds is 8. The summed E-state index contributed by atoms with van der Waals surface area (Å²) in [4.78, 5) is 0. The molecule has 0 unspecified atom stereocenters. The van der Waals surface area contributed by atoms with E-state index in [-0.39, 0.29) is 12.4 Å². The maximum absolute atomic E-state index is 13.8. The Labute approximate surface area is 182 Å². The third kappa shape index (κ3) is 6.69. The zero-order valence-electron chi connectivity index (χ0n) is 17.2. The molecule has 0 aliphatic heterocycles. The molecule has 3 rings (SSSR count). The Kier molecular flexibility index (Phi) is 8.44. The number of ether oxygens (including phenoxy) is 2. The second-order valence-electron chi connectivity index (χ2n) is 7.20. The Bertz CT molecular complexity index is 869. The molecule has 0 amide bonds. The lowest BCUT2D eigenvalue weighted by molar-refractivity contribution is 0.266. The van der Waals surface area contributed by atoms with Crippen LogP contribution in [0.3, 0.4) is 0 Å². The van der Waals surface area contributed by atoms with E-state index in [0.717, 1.165) is 18.4 Å². The van der Waals surface area contributed by atoms with Gasteiger partial charge in [-0.1, -0.05) is 37.5 Å². The van der Waals surface area contributed by atoms with Crippen molar-refractivity contribution in [1.82, 2.24) is 10.7 Å². The zero-order chi connectivity index (χ0) is 21.2. The molecule has 0 atom stereocenters. The SMILES string of the molecule is CCOc1cc(/C=N/NC(=S)NC2CCCCC2)ccc1OCc1ccccc1F. The number of hydrazone groups is 1. The molecule has 160 valence electrons. The van der Waals surface area contributed by atoms with Gasteiger partial charge in [0, 0.05) is 11.6 Å². The van der Waals surface area contributed by atoms with Crippen molar-refractivity contribution in [2.75, 3.05) is 6.61 Å². The average molecular weight is 430 g/mol. The van der Waals surface area contributed by atoms with Crippen LogP contribution in [-0.4, -0.2) is 24.0 Å². The summed E-state index contributed by atoms with van der Waals surface area (Å²) < 4.78 is 25.3. The number of hydrogen-bond donors (Lipinski definition) is 2. The van der Waals surface area contributed by atoms with Gasteiger partial charge in [0.2, 0.25) is 0 Å². The second-order valence-corrected chi connectivity index (χ2v) is 7.61. The van der Waals surface area contributed by atoms with Crippen LogP contribution in [0.15, 0.2) is 47.6 Å². The predicted molar refractivity (Wildman–Crippen MR) is 122 cm³/mol. The highest BCUT2D eigenvalue weighted by Gasteiger charge is 2.13. The van der Waals surface area contributed by atoms with Crippen LogP contribution >= 0.6 is 12.2 Å². The fourth-order valence-electron chi connectivity index (χ4n) is 3.39. The van der Waals surface area contributed by atoms with Crippen LogP contribution in [0, 0.1) is 5.82 Å². The monoisotopic (exact) mass is 429 g/mol. The highest BCUT2D eigenvalue weighted by molar-refractivity contribution is 7.80. The molecule has 1 aliphatic rings. The molecule has 0 aromatic heterocycles. The predicted octanol–water partition coefficient (Wildman–Crippen LogP) is 4.93. The summed E-state index contributed by atoms with van der Waals surface area (Å²) in [6.07, 6.45) is 7.77. The Morgan fingerprint density at radius 1 is 1.13 bits per heavy atom. The number of benzene rings is 2. The van der Waals surface area contributed by atoms with E-state index in [4.69, 9.17) is 21.7 Å². The van der Waals surface area contributed by atoms with Gasteiger partial charge < -0.3 is 14.8 Å².